The highest BCUT2D eigenvalue weighted by Crippen LogP contribution is 2.34. The molecule has 1 atom stereocenters. The van der Waals surface area contributed by atoms with Crippen LogP contribution in [0.15, 0.2) is 24.3 Å². The summed E-state index contributed by atoms with van der Waals surface area (Å²) in [4.78, 5) is 15.2. The molecule has 6 heteroatoms. The predicted molar refractivity (Wildman–Crippen MR) is 111 cm³/mol. The van der Waals surface area contributed by atoms with Crippen LogP contribution >= 0.6 is 11.6 Å². The summed E-state index contributed by atoms with van der Waals surface area (Å²) in [7, 11) is 0. The zero-order chi connectivity index (χ0) is 19.1. The minimum absolute atomic E-state index is 0.189. The SMILES string of the molecule is O=C(O)NCCCCCCCNc1c2c(nc3ccccc13)CC(Cl)CC2. The molecule has 0 fully saturated rings. The van der Waals surface area contributed by atoms with Crippen molar-refractivity contribution in [3.8, 4) is 0 Å². The first-order chi connectivity index (χ1) is 13.1. The normalized spacial score (nSPS) is 16.1. The highest BCUT2D eigenvalue weighted by Gasteiger charge is 2.22. The van der Waals surface area contributed by atoms with Gasteiger partial charge in [0.1, 0.15) is 0 Å². The van der Waals surface area contributed by atoms with Crippen molar-refractivity contribution in [2.75, 3.05) is 18.4 Å². The molecule has 1 amide bonds. The molecule has 0 radical (unpaired) electrons. The number of nitrogens with zero attached hydrogens (tertiary/aromatic N) is 1. The molecule has 0 aliphatic heterocycles. The number of para-hydroxylation sites is 1. The standard InChI is InChI=1S/C21H28ClN3O2/c22-15-10-11-17-19(14-15)25-18-9-5-4-8-16(18)20(17)23-12-6-2-1-3-7-13-24-21(26)27/h4-5,8-9,15,24H,1-3,6-7,10-14H2,(H,23,25)(H,26,27). The van der Waals surface area contributed by atoms with Crippen LogP contribution in [0.3, 0.4) is 0 Å². The molecule has 3 rings (SSSR count). The third kappa shape index (κ3) is 5.48. The number of fused-ring (bicyclic) bond motifs is 2. The number of anilines is 1. The average molecular weight is 390 g/mol. The number of pyridine rings is 1. The number of amides is 1. The van der Waals surface area contributed by atoms with Crippen molar-refractivity contribution >= 4 is 34.3 Å². The van der Waals surface area contributed by atoms with Crippen LogP contribution in [-0.4, -0.2) is 34.7 Å². The lowest BCUT2D eigenvalue weighted by Gasteiger charge is -2.24. The van der Waals surface area contributed by atoms with Crippen molar-refractivity contribution in [3.05, 3.63) is 35.5 Å². The van der Waals surface area contributed by atoms with Gasteiger partial charge in [0.25, 0.3) is 0 Å². The van der Waals surface area contributed by atoms with Gasteiger partial charge < -0.3 is 15.7 Å². The van der Waals surface area contributed by atoms with Crippen molar-refractivity contribution in [1.29, 1.82) is 0 Å². The van der Waals surface area contributed by atoms with Gasteiger partial charge in [0.15, 0.2) is 0 Å². The monoisotopic (exact) mass is 389 g/mol. The number of hydrogen-bond donors (Lipinski definition) is 3. The van der Waals surface area contributed by atoms with Gasteiger partial charge in [0.05, 0.1) is 5.52 Å². The Morgan fingerprint density at radius 1 is 1.15 bits per heavy atom. The van der Waals surface area contributed by atoms with Crippen molar-refractivity contribution in [3.63, 3.8) is 0 Å². The number of halogens is 1. The van der Waals surface area contributed by atoms with E-state index in [2.05, 4.69) is 28.8 Å². The van der Waals surface area contributed by atoms with Crippen molar-refractivity contribution in [2.24, 2.45) is 0 Å². The van der Waals surface area contributed by atoms with E-state index in [9.17, 15) is 4.79 Å². The summed E-state index contributed by atoms with van der Waals surface area (Å²) >= 11 is 6.37. The summed E-state index contributed by atoms with van der Waals surface area (Å²) in [6.45, 7) is 1.49. The second-order valence-electron chi connectivity index (χ2n) is 7.20. The van der Waals surface area contributed by atoms with Crippen molar-refractivity contribution < 1.29 is 9.90 Å². The van der Waals surface area contributed by atoms with Gasteiger partial charge in [0, 0.05) is 41.7 Å². The van der Waals surface area contributed by atoms with E-state index >= 15 is 0 Å². The number of aromatic nitrogens is 1. The van der Waals surface area contributed by atoms with E-state index in [-0.39, 0.29) is 5.38 Å². The summed E-state index contributed by atoms with van der Waals surface area (Å²) in [5.74, 6) is 0. The number of carboxylic acid groups (broad SMARTS) is 1. The van der Waals surface area contributed by atoms with E-state index in [4.69, 9.17) is 21.7 Å². The molecule has 1 heterocycles. The van der Waals surface area contributed by atoms with E-state index in [0.29, 0.717) is 6.54 Å². The molecule has 1 aromatic carbocycles. The van der Waals surface area contributed by atoms with Crippen LogP contribution in [0.25, 0.3) is 10.9 Å². The summed E-state index contributed by atoms with van der Waals surface area (Å²) < 4.78 is 0. The second kappa shape index (κ2) is 9.79. The van der Waals surface area contributed by atoms with Gasteiger partial charge in [-0.2, -0.15) is 0 Å². The maximum atomic E-state index is 10.4. The topological polar surface area (TPSA) is 74.2 Å². The molecule has 27 heavy (non-hydrogen) atoms. The van der Waals surface area contributed by atoms with Crippen molar-refractivity contribution in [1.82, 2.24) is 10.3 Å². The number of nitrogens with one attached hydrogen (secondary N) is 2. The highest BCUT2D eigenvalue weighted by molar-refractivity contribution is 6.20. The number of rotatable bonds is 9. The van der Waals surface area contributed by atoms with Crippen LogP contribution < -0.4 is 10.6 Å². The molecule has 1 aliphatic carbocycles. The Balaban J connectivity index is 1.53. The Morgan fingerprint density at radius 2 is 1.89 bits per heavy atom. The van der Waals surface area contributed by atoms with Gasteiger partial charge in [0.2, 0.25) is 0 Å². The number of unbranched alkanes of at least 4 members (excludes halogenated alkanes) is 4. The molecule has 146 valence electrons. The average Bonchev–Trinajstić information content (AvgIpc) is 2.65. The maximum Gasteiger partial charge on any atom is 0.404 e. The summed E-state index contributed by atoms with van der Waals surface area (Å²) in [5.41, 5.74) is 4.76. The van der Waals surface area contributed by atoms with Crippen LogP contribution in [0.5, 0.6) is 0 Å². The van der Waals surface area contributed by atoms with Crippen LogP contribution in [0, 0.1) is 0 Å². The first-order valence-corrected chi connectivity index (χ1v) is 10.3. The van der Waals surface area contributed by atoms with Crippen LogP contribution in [0.1, 0.15) is 49.8 Å². The van der Waals surface area contributed by atoms with Gasteiger partial charge in [-0.25, -0.2) is 4.79 Å². The smallest absolute Gasteiger partial charge is 0.404 e. The fourth-order valence-corrected chi connectivity index (χ4v) is 4.00. The molecule has 3 N–H and O–H groups in total. The lowest BCUT2D eigenvalue weighted by atomic mass is 9.92. The molecule has 0 saturated carbocycles. The lowest BCUT2D eigenvalue weighted by Crippen LogP contribution is -2.21. The molecule has 5 nitrogen and oxygen atoms in total. The van der Waals surface area contributed by atoms with Gasteiger partial charge in [-0.3, -0.25) is 4.98 Å². The van der Waals surface area contributed by atoms with E-state index in [0.717, 1.165) is 69.1 Å². The number of benzene rings is 1. The largest absolute Gasteiger partial charge is 0.465 e. The highest BCUT2D eigenvalue weighted by atomic mass is 35.5. The Labute approximate surface area is 165 Å². The van der Waals surface area contributed by atoms with Gasteiger partial charge in [-0.1, -0.05) is 37.5 Å². The lowest BCUT2D eigenvalue weighted by molar-refractivity contribution is 0.194. The molecule has 0 spiro atoms. The molecular formula is C21H28ClN3O2. The zero-order valence-corrected chi connectivity index (χ0v) is 16.4. The second-order valence-corrected chi connectivity index (χ2v) is 7.81. The van der Waals surface area contributed by atoms with Gasteiger partial charge >= 0.3 is 6.09 Å². The Hall–Kier alpha value is -2.01. The number of hydrogen-bond acceptors (Lipinski definition) is 3. The predicted octanol–water partition coefficient (Wildman–Crippen LogP) is 4.96. The summed E-state index contributed by atoms with van der Waals surface area (Å²) in [6, 6.07) is 8.32. The van der Waals surface area contributed by atoms with E-state index in [1.807, 2.05) is 6.07 Å². The number of alkyl halides is 1. The molecule has 0 bridgehead atoms. The van der Waals surface area contributed by atoms with E-state index < -0.39 is 6.09 Å². The summed E-state index contributed by atoms with van der Waals surface area (Å²) in [6.07, 6.45) is 7.26. The molecule has 2 aromatic rings. The fourth-order valence-electron chi connectivity index (χ4n) is 3.74. The minimum atomic E-state index is -0.937. The molecular weight excluding hydrogens is 362 g/mol. The van der Waals surface area contributed by atoms with Crippen LogP contribution in [0.2, 0.25) is 0 Å². The Kier molecular flexibility index (Phi) is 7.16. The van der Waals surface area contributed by atoms with E-state index in [1.165, 1.54) is 16.6 Å². The Bertz CT molecular complexity index is 781. The van der Waals surface area contributed by atoms with Crippen molar-refractivity contribution in [2.45, 2.75) is 56.7 Å². The zero-order valence-electron chi connectivity index (χ0n) is 15.6. The molecule has 1 aliphatic rings. The molecule has 1 aromatic heterocycles. The van der Waals surface area contributed by atoms with E-state index in [1.54, 1.807) is 0 Å². The first-order valence-electron chi connectivity index (χ1n) is 9.90. The minimum Gasteiger partial charge on any atom is -0.465 e. The Morgan fingerprint density at radius 3 is 2.70 bits per heavy atom. The third-order valence-electron chi connectivity index (χ3n) is 5.13. The first kappa shape index (κ1) is 19.7. The fraction of sp³-hybridized carbons (Fsp3) is 0.524. The van der Waals surface area contributed by atoms with Gasteiger partial charge in [-0.05, 0) is 37.3 Å². The van der Waals surface area contributed by atoms with Crippen LogP contribution in [-0.2, 0) is 12.8 Å². The van der Waals surface area contributed by atoms with Crippen LogP contribution in [0.4, 0.5) is 10.5 Å². The number of carbonyl (C=O) groups is 1. The molecule has 0 saturated heterocycles. The maximum absolute atomic E-state index is 10.4. The summed E-state index contributed by atoms with van der Waals surface area (Å²) in [5, 5.41) is 16.0. The third-order valence-corrected chi connectivity index (χ3v) is 5.51. The molecule has 1 unspecified atom stereocenters. The van der Waals surface area contributed by atoms with Gasteiger partial charge in [-0.15, -0.1) is 11.6 Å². The quantitative estimate of drug-likeness (QED) is 0.418.